The lowest BCUT2D eigenvalue weighted by atomic mass is 9.95. The summed E-state index contributed by atoms with van der Waals surface area (Å²) in [6, 6.07) is 7.90. The first-order valence-corrected chi connectivity index (χ1v) is 9.12. The number of halogens is 1. The first-order chi connectivity index (χ1) is 11.7. The van der Waals surface area contributed by atoms with Gasteiger partial charge in [0.25, 0.3) is 0 Å². The van der Waals surface area contributed by atoms with Gasteiger partial charge in [-0.3, -0.25) is 4.98 Å². The summed E-state index contributed by atoms with van der Waals surface area (Å²) in [5, 5.41) is 14.5. The molecule has 1 aliphatic carbocycles. The lowest BCUT2D eigenvalue weighted by molar-refractivity contribution is 0.190. The highest BCUT2D eigenvalue weighted by atomic mass is 35.5. The van der Waals surface area contributed by atoms with Gasteiger partial charge < -0.3 is 15.3 Å². The predicted molar refractivity (Wildman–Crippen MR) is 101 cm³/mol. The summed E-state index contributed by atoms with van der Waals surface area (Å²) >= 11 is 6.06. The van der Waals surface area contributed by atoms with Crippen LogP contribution in [-0.4, -0.2) is 48.3 Å². The standard InChI is InChI=1S/C19H26ClN3O/c1-23(9-10-24)13-15-4-2-3-14(15)12-22-18-7-8-21-19-11-16(20)5-6-17(18)19/h5-8,11,14-15,24H,2-4,9-10,12-13H2,1H3,(H,21,22). The van der Waals surface area contributed by atoms with Crippen LogP contribution in [-0.2, 0) is 0 Å². The van der Waals surface area contributed by atoms with E-state index in [1.165, 1.54) is 19.3 Å². The third-order valence-electron chi connectivity index (χ3n) is 5.10. The van der Waals surface area contributed by atoms with Crippen LogP contribution in [0, 0.1) is 11.8 Å². The van der Waals surface area contributed by atoms with Crippen LogP contribution < -0.4 is 5.32 Å². The van der Waals surface area contributed by atoms with E-state index in [0.717, 1.165) is 41.2 Å². The van der Waals surface area contributed by atoms with Gasteiger partial charge in [0, 0.05) is 41.9 Å². The highest BCUT2D eigenvalue weighted by Gasteiger charge is 2.27. The lowest BCUT2D eigenvalue weighted by Crippen LogP contribution is -2.32. The fourth-order valence-corrected chi connectivity index (χ4v) is 3.97. The highest BCUT2D eigenvalue weighted by molar-refractivity contribution is 6.31. The Morgan fingerprint density at radius 3 is 2.96 bits per heavy atom. The molecular formula is C19H26ClN3O. The third kappa shape index (κ3) is 4.18. The van der Waals surface area contributed by atoms with Crippen molar-refractivity contribution < 1.29 is 5.11 Å². The van der Waals surface area contributed by atoms with E-state index >= 15 is 0 Å². The Morgan fingerprint density at radius 1 is 1.29 bits per heavy atom. The van der Waals surface area contributed by atoms with Crippen LogP contribution in [0.3, 0.4) is 0 Å². The Bertz CT molecular complexity index is 679. The van der Waals surface area contributed by atoms with Gasteiger partial charge in [0.05, 0.1) is 12.1 Å². The molecule has 0 amide bonds. The number of hydrogen-bond donors (Lipinski definition) is 2. The molecule has 0 saturated heterocycles. The molecule has 3 rings (SSSR count). The lowest BCUT2D eigenvalue weighted by Gasteiger charge is -2.25. The molecule has 1 aliphatic rings. The summed E-state index contributed by atoms with van der Waals surface area (Å²) in [6.07, 6.45) is 5.70. The van der Waals surface area contributed by atoms with Crippen molar-refractivity contribution in [3.8, 4) is 0 Å². The van der Waals surface area contributed by atoms with Gasteiger partial charge in [-0.2, -0.15) is 0 Å². The Kier molecular flexibility index (Phi) is 5.93. The molecule has 2 unspecified atom stereocenters. The number of nitrogens with one attached hydrogen (secondary N) is 1. The molecule has 24 heavy (non-hydrogen) atoms. The van der Waals surface area contributed by atoms with Gasteiger partial charge in [-0.15, -0.1) is 0 Å². The van der Waals surface area contributed by atoms with E-state index in [0.29, 0.717) is 11.8 Å². The molecule has 0 radical (unpaired) electrons. The van der Waals surface area contributed by atoms with E-state index < -0.39 is 0 Å². The maximum absolute atomic E-state index is 9.08. The number of aliphatic hydroxyl groups is 1. The second kappa shape index (κ2) is 8.15. The normalized spacial score (nSPS) is 20.8. The second-order valence-electron chi connectivity index (χ2n) is 6.84. The number of rotatable bonds is 7. The molecule has 0 spiro atoms. The van der Waals surface area contributed by atoms with Crippen molar-refractivity contribution in [2.24, 2.45) is 11.8 Å². The smallest absolute Gasteiger partial charge is 0.0737 e. The number of aliphatic hydroxyl groups excluding tert-OH is 1. The quantitative estimate of drug-likeness (QED) is 0.802. The number of fused-ring (bicyclic) bond motifs is 1. The van der Waals surface area contributed by atoms with Crippen LogP contribution in [0.15, 0.2) is 30.5 Å². The fraction of sp³-hybridized carbons (Fsp3) is 0.526. The molecule has 4 nitrogen and oxygen atoms in total. The zero-order valence-electron chi connectivity index (χ0n) is 14.2. The van der Waals surface area contributed by atoms with Crippen LogP contribution in [0.4, 0.5) is 5.69 Å². The van der Waals surface area contributed by atoms with Crippen LogP contribution in [0.1, 0.15) is 19.3 Å². The molecule has 0 bridgehead atoms. The number of aromatic nitrogens is 1. The highest BCUT2D eigenvalue weighted by Crippen LogP contribution is 2.33. The van der Waals surface area contributed by atoms with E-state index in [2.05, 4.69) is 22.2 Å². The van der Waals surface area contributed by atoms with Gasteiger partial charge in [0.2, 0.25) is 0 Å². The molecule has 0 aliphatic heterocycles. The molecular weight excluding hydrogens is 322 g/mol. The van der Waals surface area contributed by atoms with Gasteiger partial charge in [-0.05, 0) is 56.0 Å². The summed E-state index contributed by atoms with van der Waals surface area (Å²) in [6.45, 7) is 3.04. The number of likely N-dealkylation sites (N-methyl/N-ethyl adjacent to an activating group) is 1. The van der Waals surface area contributed by atoms with Crippen molar-refractivity contribution in [3.63, 3.8) is 0 Å². The average molecular weight is 348 g/mol. The molecule has 2 N–H and O–H groups in total. The van der Waals surface area contributed by atoms with Crippen molar-refractivity contribution >= 4 is 28.2 Å². The minimum Gasteiger partial charge on any atom is -0.395 e. The maximum Gasteiger partial charge on any atom is 0.0737 e. The number of benzene rings is 1. The van der Waals surface area contributed by atoms with Gasteiger partial charge in [-0.1, -0.05) is 18.0 Å². The molecule has 130 valence electrons. The average Bonchev–Trinajstić information content (AvgIpc) is 2.99. The van der Waals surface area contributed by atoms with Crippen molar-refractivity contribution in [1.29, 1.82) is 0 Å². The van der Waals surface area contributed by atoms with E-state index in [4.69, 9.17) is 16.7 Å². The van der Waals surface area contributed by atoms with Crippen molar-refractivity contribution in [2.45, 2.75) is 19.3 Å². The van der Waals surface area contributed by atoms with Gasteiger partial charge in [-0.25, -0.2) is 0 Å². The minimum absolute atomic E-state index is 0.234. The van der Waals surface area contributed by atoms with Crippen LogP contribution in [0.25, 0.3) is 10.9 Å². The summed E-state index contributed by atoms with van der Waals surface area (Å²) in [5.74, 6) is 1.39. The predicted octanol–water partition coefficient (Wildman–Crippen LogP) is 3.64. The summed E-state index contributed by atoms with van der Waals surface area (Å²) in [4.78, 5) is 6.65. The molecule has 1 fully saturated rings. The minimum atomic E-state index is 0.234. The Hall–Kier alpha value is -1.36. The summed E-state index contributed by atoms with van der Waals surface area (Å²) < 4.78 is 0. The Balaban J connectivity index is 1.65. The first kappa shape index (κ1) is 17.5. The van der Waals surface area contributed by atoms with E-state index in [-0.39, 0.29) is 6.61 Å². The van der Waals surface area contributed by atoms with Gasteiger partial charge >= 0.3 is 0 Å². The van der Waals surface area contributed by atoms with E-state index in [1.807, 2.05) is 30.5 Å². The molecule has 1 heterocycles. The summed E-state index contributed by atoms with van der Waals surface area (Å²) in [7, 11) is 2.10. The topological polar surface area (TPSA) is 48.4 Å². The SMILES string of the molecule is CN(CCO)CC1CCCC1CNc1ccnc2cc(Cl)ccc12. The molecule has 2 atom stereocenters. The largest absolute Gasteiger partial charge is 0.395 e. The van der Waals surface area contributed by atoms with E-state index in [9.17, 15) is 0 Å². The zero-order chi connectivity index (χ0) is 16.9. The van der Waals surface area contributed by atoms with E-state index in [1.54, 1.807) is 0 Å². The second-order valence-corrected chi connectivity index (χ2v) is 7.27. The number of anilines is 1. The Morgan fingerprint density at radius 2 is 2.12 bits per heavy atom. The number of pyridine rings is 1. The zero-order valence-corrected chi connectivity index (χ0v) is 15.0. The van der Waals surface area contributed by atoms with Crippen molar-refractivity contribution in [1.82, 2.24) is 9.88 Å². The van der Waals surface area contributed by atoms with Crippen molar-refractivity contribution in [3.05, 3.63) is 35.5 Å². The Labute approximate surface area is 148 Å². The summed E-state index contributed by atoms with van der Waals surface area (Å²) in [5.41, 5.74) is 2.06. The molecule has 1 aromatic heterocycles. The fourth-order valence-electron chi connectivity index (χ4n) is 3.80. The van der Waals surface area contributed by atoms with Crippen LogP contribution in [0.5, 0.6) is 0 Å². The van der Waals surface area contributed by atoms with Gasteiger partial charge in [0.15, 0.2) is 0 Å². The van der Waals surface area contributed by atoms with Gasteiger partial charge in [0.1, 0.15) is 0 Å². The monoisotopic (exact) mass is 347 g/mol. The molecule has 5 heteroatoms. The molecule has 1 saturated carbocycles. The number of hydrogen-bond acceptors (Lipinski definition) is 4. The van der Waals surface area contributed by atoms with Crippen LogP contribution >= 0.6 is 11.6 Å². The molecule has 2 aromatic rings. The first-order valence-electron chi connectivity index (χ1n) is 8.75. The van der Waals surface area contributed by atoms with Crippen LogP contribution in [0.2, 0.25) is 5.02 Å². The maximum atomic E-state index is 9.08. The number of nitrogens with zero attached hydrogens (tertiary/aromatic N) is 2. The molecule has 1 aromatic carbocycles. The van der Waals surface area contributed by atoms with Crippen molar-refractivity contribution in [2.75, 3.05) is 38.6 Å². The third-order valence-corrected chi connectivity index (χ3v) is 5.34.